The number of hydrogen-bond donors (Lipinski definition) is 0. The first-order valence-corrected chi connectivity index (χ1v) is 7.81. The topological polar surface area (TPSA) is 82.6 Å². The average molecular weight is 330 g/mol. The molecule has 6 nitrogen and oxygen atoms in total. The highest BCUT2D eigenvalue weighted by atomic mass is 16.1. The van der Waals surface area contributed by atoms with E-state index in [-0.39, 0.29) is 12.3 Å². The summed E-state index contributed by atoms with van der Waals surface area (Å²) in [6, 6.07) is 16.6. The lowest BCUT2D eigenvalue weighted by Gasteiger charge is -2.02. The summed E-state index contributed by atoms with van der Waals surface area (Å²) >= 11 is 0. The van der Waals surface area contributed by atoms with Gasteiger partial charge >= 0.3 is 0 Å². The van der Waals surface area contributed by atoms with Crippen LogP contribution >= 0.6 is 0 Å². The van der Waals surface area contributed by atoms with Gasteiger partial charge < -0.3 is 0 Å². The minimum atomic E-state index is 0.0492. The molecular formula is C19H16N5O+. The molecule has 0 amide bonds. The first-order chi connectivity index (χ1) is 12.2. The maximum Gasteiger partial charge on any atom is 0.227 e. The summed E-state index contributed by atoms with van der Waals surface area (Å²) in [5.41, 5.74) is 11.6. The highest BCUT2D eigenvalue weighted by molar-refractivity contribution is 5.94. The Hall–Kier alpha value is -3.50. The number of carbonyl (C=O) groups is 1. The van der Waals surface area contributed by atoms with Gasteiger partial charge in [0.25, 0.3) is 0 Å². The van der Waals surface area contributed by atoms with Crippen molar-refractivity contribution in [1.82, 2.24) is 4.98 Å². The summed E-state index contributed by atoms with van der Waals surface area (Å²) in [6.45, 7) is 0.262. The van der Waals surface area contributed by atoms with Crippen molar-refractivity contribution in [2.45, 2.75) is 13.0 Å². The Balaban J connectivity index is 1.74. The quantitative estimate of drug-likeness (QED) is 0.226. The molecule has 0 atom stereocenters. The third-order valence-corrected chi connectivity index (χ3v) is 3.69. The summed E-state index contributed by atoms with van der Waals surface area (Å²) < 4.78 is 1.83. The predicted molar refractivity (Wildman–Crippen MR) is 93.3 cm³/mol. The second-order valence-electron chi connectivity index (χ2n) is 5.55. The van der Waals surface area contributed by atoms with Crippen LogP contribution in [0.4, 0.5) is 5.69 Å². The number of benzene rings is 2. The zero-order chi connectivity index (χ0) is 17.5. The number of ketones is 1. The minimum absolute atomic E-state index is 0.0492. The zero-order valence-corrected chi connectivity index (χ0v) is 13.5. The lowest BCUT2D eigenvalue weighted by Crippen LogP contribution is -2.38. The molecule has 0 aliphatic heterocycles. The molecule has 0 spiro atoms. The molecule has 122 valence electrons. The van der Waals surface area contributed by atoms with Gasteiger partial charge in [-0.3, -0.25) is 4.79 Å². The van der Waals surface area contributed by atoms with Gasteiger partial charge in [0.1, 0.15) is 5.69 Å². The third kappa shape index (κ3) is 4.50. The molecule has 0 unspecified atom stereocenters. The number of Topliss-reactive ketones (excluding diaryl/α,β-unsaturated/α-hetero) is 1. The minimum Gasteiger partial charge on any atom is -0.287 e. The van der Waals surface area contributed by atoms with E-state index >= 15 is 0 Å². The largest absolute Gasteiger partial charge is 0.287 e. The van der Waals surface area contributed by atoms with Gasteiger partial charge in [0.2, 0.25) is 12.3 Å². The van der Waals surface area contributed by atoms with E-state index in [1.165, 1.54) is 0 Å². The van der Waals surface area contributed by atoms with Crippen molar-refractivity contribution in [2.24, 2.45) is 5.11 Å². The number of nitrogens with zero attached hydrogens (tertiary/aromatic N) is 5. The molecule has 25 heavy (non-hydrogen) atoms. The summed E-state index contributed by atoms with van der Waals surface area (Å²) in [7, 11) is 0. The fourth-order valence-corrected chi connectivity index (χ4v) is 2.54. The van der Waals surface area contributed by atoms with Crippen LogP contribution in [0.25, 0.3) is 10.4 Å². The Bertz CT molecular complexity index is 933. The molecular weight excluding hydrogens is 314 g/mol. The van der Waals surface area contributed by atoms with Crippen molar-refractivity contribution in [3.05, 3.63) is 100 Å². The molecule has 0 saturated heterocycles. The van der Waals surface area contributed by atoms with E-state index in [1.54, 1.807) is 18.5 Å². The zero-order valence-electron chi connectivity index (χ0n) is 13.5. The van der Waals surface area contributed by atoms with Gasteiger partial charge in [-0.1, -0.05) is 53.6 Å². The van der Waals surface area contributed by atoms with Crippen molar-refractivity contribution in [1.29, 1.82) is 0 Å². The van der Waals surface area contributed by atoms with Gasteiger partial charge in [-0.15, -0.1) is 0 Å². The Morgan fingerprint density at radius 1 is 1.16 bits per heavy atom. The van der Waals surface area contributed by atoms with Gasteiger partial charge in [0.15, 0.2) is 12.4 Å². The molecule has 2 aromatic carbocycles. The summed E-state index contributed by atoms with van der Waals surface area (Å²) in [6.07, 6.45) is 5.92. The SMILES string of the molecule is [N-]=[N+]=Nc1cccc(Cc2c[n+](CC(=O)c3ccccc3)ccn2)c1. The lowest BCUT2D eigenvalue weighted by atomic mass is 10.1. The van der Waals surface area contributed by atoms with Crippen LogP contribution in [0.1, 0.15) is 21.6 Å². The van der Waals surface area contributed by atoms with E-state index in [0.29, 0.717) is 17.7 Å². The fourth-order valence-electron chi connectivity index (χ4n) is 2.54. The van der Waals surface area contributed by atoms with Crippen LogP contribution in [0, 0.1) is 0 Å². The van der Waals surface area contributed by atoms with E-state index in [9.17, 15) is 4.79 Å². The molecule has 0 saturated carbocycles. The van der Waals surface area contributed by atoms with Crippen LogP contribution in [0.3, 0.4) is 0 Å². The number of aromatic nitrogens is 2. The molecule has 0 aliphatic rings. The Morgan fingerprint density at radius 3 is 2.80 bits per heavy atom. The molecule has 6 heteroatoms. The van der Waals surface area contributed by atoms with Crippen LogP contribution in [0.5, 0.6) is 0 Å². The van der Waals surface area contributed by atoms with Crippen molar-refractivity contribution in [3.8, 4) is 0 Å². The summed E-state index contributed by atoms with van der Waals surface area (Å²) in [4.78, 5) is 19.5. The maximum absolute atomic E-state index is 12.3. The van der Waals surface area contributed by atoms with E-state index in [1.807, 2.05) is 59.3 Å². The molecule has 0 aliphatic carbocycles. The van der Waals surface area contributed by atoms with Gasteiger partial charge in [-0.25, -0.2) is 4.98 Å². The van der Waals surface area contributed by atoms with Crippen LogP contribution in [0.2, 0.25) is 0 Å². The van der Waals surface area contributed by atoms with Crippen molar-refractivity contribution >= 4 is 11.5 Å². The summed E-state index contributed by atoms with van der Waals surface area (Å²) in [5, 5.41) is 3.61. The molecule has 0 fully saturated rings. The Kier molecular flexibility index (Phi) is 5.14. The Labute approximate surface area is 145 Å². The van der Waals surface area contributed by atoms with Gasteiger partial charge in [-0.2, -0.15) is 4.57 Å². The van der Waals surface area contributed by atoms with Crippen molar-refractivity contribution in [3.63, 3.8) is 0 Å². The fraction of sp³-hybridized carbons (Fsp3) is 0.105. The number of rotatable bonds is 6. The molecule has 1 aromatic heterocycles. The number of hydrogen-bond acceptors (Lipinski definition) is 3. The maximum atomic E-state index is 12.3. The molecule has 1 heterocycles. The monoisotopic (exact) mass is 330 g/mol. The predicted octanol–water partition coefficient (Wildman–Crippen LogP) is 3.78. The number of azide groups is 1. The van der Waals surface area contributed by atoms with E-state index in [4.69, 9.17) is 5.53 Å². The average Bonchev–Trinajstić information content (AvgIpc) is 2.63. The smallest absolute Gasteiger partial charge is 0.227 e. The highest BCUT2D eigenvalue weighted by Crippen LogP contribution is 2.16. The molecule has 3 aromatic rings. The van der Waals surface area contributed by atoms with Gasteiger partial charge in [-0.05, 0) is 17.2 Å². The van der Waals surface area contributed by atoms with Crippen molar-refractivity contribution < 1.29 is 9.36 Å². The van der Waals surface area contributed by atoms with Gasteiger partial charge in [0, 0.05) is 22.6 Å². The molecule has 0 bridgehead atoms. The first-order valence-electron chi connectivity index (χ1n) is 7.81. The lowest BCUT2D eigenvalue weighted by molar-refractivity contribution is -0.684. The van der Waals surface area contributed by atoms with Crippen LogP contribution in [0.15, 0.2) is 78.3 Å². The molecule has 0 N–H and O–H groups in total. The van der Waals surface area contributed by atoms with Gasteiger partial charge in [0.05, 0.1) is 6.20 Å². The van der Waals surface area contributed by atoms with Crippen molar-refractivity contribution in [2.75, 3.05) is 0 Å². The first kappa shape index (κ1) is 16.4. The van der Waals surface area contributed by atoms with E-state index < -0.39 is 0 Å². The second kappa shape index (κ2) is 7.86. The standard InChI is InChI=1S/C19H16N5O/c20-23-22-17-8-4-5-15(11-17)12-18-13-24(10-9-21-18)14-19(25)16-6-2-1-3-7-16/h1-11,13H,12,14H2/q+1. The molecule has 0 radical (unpaired) electrons. The van der Waals surface area contributed by atoms with E-state index in [2.05, 4.69) is 15.0 Å². The normalized spacial score (nSPS) is 10.1. The van der Waals surface area contributed by atoms with Crippen LogP contribution in [-0.4, -0.2) is 10.8 Å². The Morgan fingerprint density at radius 2 is 2.00 bits per heavy atom. The highest BCUT2D eigenvalue weighted by Gasteiger charge is 2.13. The third-order valence-electron chi connectivity index (χ3n) is 3.69. The molecule has 3 rings (SSSR count). The van der Waals surface area contributed by atoms with E-state index in [0.717, 1.165) is 11.3 Å². The second-order valence-corrected chi connectivity index (χ2v) is 5.55. The summed E-state index contributed by atoms with van der Waals surface area (Å²) in [5.74, 6) is 0.0492. The van der Waals surface area contributed by atoms with Crippen LogP contribution < -0.4 is 4.57 Å². The van der Waals surface area contributed by atoms with Crippen LogP contribution in [-0.2, 0) is 13.0 Å². The number of carbonyl (C=O) groups excluding carboxylic acids is 1.